The van der Waals surface area contributed by atoms with Gasteiger partial charge in [-0.05, 0) is 49.2 Å². The number of halogens is 2. The summed E-state index contributed by atoms with van der Waals surface area (Å²) in [5, 5.41) is 7.98. The van der Waals surface area contributed by atoms with Crippen molar-refractivity contribution in [3.8, 4) is 0 Å². The van der Waals surface area contributed by atoms with E-state index in [1.807, 2.05) is 6.92 Å². The van der Waals surface area contributed by atoms with Gasteiger partial charge in [0.2, 0.25) is 0 Å². The van der Waals surface area contributed by atoms with Gasteiger partial charge in [-0.25, -0.2) is 0 Å². The van der Waals surface area contributed by atoms with E-state index in [0.29, 0.717) is 34.1 Å². The standard InChI is InChI=1S/C19H20Cl2N4O2S/c1-9-15-13(24-25-18(22)28)7-19(2,3)8-14(15)27-16(9)17(26)23-10-4-5-11(20)12(21)6-10/h4-6H,7-8H2,1-3H3,(H,23,26)(H3,22,25,28)/b24-13-. The van der Waals surface area contributed by atoms with Gasteiger partial charge in [-0.1, -0.05) is 37.0 Å². The number of carbonyl (C=O) groups excluding carboxylic acids is 1. The van der Waals surface area contributed by atoms with E-state index < -0.39 is 0 Å². The predicted molar refractivity (Wildman–Crippen MR) is 116 cm³/mol. The summed E-state index contributed by atoms with van der Waals surface area (Å²) in [6.45, 7) is 6.06. The molecule has 3 rings (SSSR count). The fourth-order valence-electron chi connectivity index (χ4n) is 3.31. The molecule has 1 aromatic carbocycles. The Hall–Kier alpha value is -2.09. The minimum atomic E-state index is -0.371. The van der Waals surface area contributed by atoms with Gasteiger partial charge in [-0.2, -0.15) is 5.10 Å². The van der Waals surface area contributed by atoms with Crippen molar-refractivity contribution < 1.29 is 9.21 Å². The maximum Gasteiger partial charge on any atom is 0.291 e. The molecular formula is C19H20Cl2N4O2S. The highest BCUT2D eigenvalue weighted by Crippen LogP contribution is 2.39. The molecule has 28 heavy (non-hydrogen) atoms. The van der Waals surface area contributed by atoms with Crippen LogP contribution in [0.15, 0.2) is 27.7 Å². The lowest BCUT2D eigenvalue weighted by molar-refractivity contribution is 0.0993. The van der Waals surface area contributed by atoms with E-state index in [1.54, 1.807) is 18.2 Å². The van der Waals surface area contributed by atoms with Crippen LogP contribution in [-0.2, 0) is 6.42 Å². The molecule has 1 aliphatic carbocycles. The molecule has 148 valence electrons. The van der Waals surface area contributed by atoms with Crippen LogP contribution in [0, 0.1) is 12.3 Å². The predicted octanol–water partition coefficient (Wildman–Crippen LogP) is 4.66. The fraction of sp³-hybridized carbons (Fsp3) is 0.316. The Morgan fingerprint density at radius 2 is 2.00 bits per heavy atom. The van der Waals surface area contributed by atoms with Crippen LogP contribution in [0.2, 0.25) is 10.0 Å². The van der Waals surface area contributed by atoms with Crippen molar-refractivity contribution in [2.75, 3.05) is 5.32 Å². The summed E-state index contributed by atoms with van der Waals surface area (Å²) in [6.07, 6.45) is 1.39. The van der Waals surface area contributed by atoms with E-state index in [0.717, 1.165) is 17.0 Å². The van der Waals surface area contributed by atoms with E-state index in [2.05, 4.69) is 29.7 Å². The third kappa shape index (κ3) is 4.32. The number of carbonyl (C=O) groups is 1. The first kappa shape index (κ1) is 20.6. The first-order chi connectivity index (χ1) is 13.1. The third-order valence-corrected chi connectivity index (χ3v) is 5.31. The van der Waals surface area contributed by atoms with Crippen molar-refractivity contribution in [2.45, 2.75) is 33.6 Å². The largest absolute Gasteiger partial charge is 0.455 e. The number of hydrazone groups is 1. The Labute approximate surface area is 178 Å². The molecule has 1 heterocycles. The molecule has 0 saturated carbocycles. The number of fused-ring (bicyclic) bond motifs is 1. The van der Waals surface area contributed by atoms with Gasteiger partial charge < -0.3 is 15.5 Å². The number of rotatable bonds is 3. The molecular weight excluding hydrogens is 419 g/mol. The molecule has 0 atom stereocenters. The van der Waals surface area contributed by atoms with Crippen LogP contribution >= 0.6 is 35.4 Å². The number of nitrogens with one attached hydrogen (secondary N) is 2. The number of hydrogen-bond donors (Lipinski definition) is 3. The Morgan fingerprint density at radius 1 is 1.29 bits per heavy atom. The van der Waals surface area contributed by atoms with E-state index in [9.17, 15) is 4.79 Å². The second-order valence-corrected chi connectivity index (χ2v) is 8.74. The first-order valence-electron chi connectivity index (χ1n) is 8.58. The number of nitrogens with two attached hydrogens (primary N) is 1. The summed E-state index contributed by atoms with van der Waals surface area (Å²) in [6, 6.07) is 4.88. The van der Waals surface area contributed by atoms with Crippen LogP contribution < -0.4 is 16.5 Å². The summed E-state index contributed by atoms with van der Waals surface area (Å²) >= 11 is 16.8. The van der Waals surface area contributed by atoms with E-state index in [4.69, 9.17) is 45.6 Å². The van der Waals surface area contributed by atoms with Gasteiger partial charge in [0.15, 0.2) is 10.9 Å². The highest BCUT2D eigenvalue weighted by atomic mass is 35.5. The SMILES string of the molecule is Cc1c(C(=O)Nc2ccc(Cl)c(Cl)c2)oc2c1/C(=N\NC(N)=S)CC(C)(C)C2. The average Bonchev–Trinajstić information content (AvgIpc) is 2.91. The Kier molecular flexibility index (Phi) is 5.70. The normalized spacial score (nSPS) is 16.5. The van der Waals surface area contributed by atoms with Crippen LogP contribution in [0.1, 0.15) is 47.7 Å². The maximum absolute atomic E-state index is 12.8. The lowest BCUT2D eigenvalue weighted by atomic mass is 9.75. The summed E-state index contributed by atoms with van der Waals surface area (Å²) < 4.78 is 5.95. The van der Waals surface area contributed by atoms with Gasteiger partial charge >= 0.3 is 0 Å². The van der Waals surface area contributed by atoms with Crippen molar-refractivity contribution in [1.29, 1.82) is 0 Å². The summed E-state index contributed by atoms with van der Waals surface area (Å²) in [5.74, 6) is 0.582. The molecule has 0 saturated heterocycles. The second-order valence-electron chi connectivity index (χ2n) is 7.49. The minimum Gasteiger partial charge on any atom is -0.455 e. The van der Waals surface area contributed by atoms with E-state index in [-0.39, 0.29) is 22.2 Å². The molecule has 0 aliphatic heterocycles. The third-order valence-electron chi connectivity index (χ3n) is 4.48. The second kappa shape index (κ2) is 7.73. The van der Waals surface area contributed by atoms with E-state index in [1.165, 1.54) is 0 Å². The molecule has 0 spiro atoms. The van der Waals surface area contributed by atoms with Gasteiger partial charge in [0.05, 0.1) is 15.8 Å². The van der Waals surface area contributed by atoms with Crippen molar-refractivity contribution >= 4 is 57.8 Å². The summed E-state index contributed by atoms with van der Waals surface area (Å²) in [4.78, 5) is 12.8. The first-order valence-corrected chi connectivity index (χ1v) is 9.75. The molecule has 4 N–H and O–H groups in total. The fourth-order valence-corrected chi connectivity index (χ4v) is 3.65. The number of amides is 1. The van der Waals surface area contributed by atoms with Gasteiger partial charge in [-0.15, -0.1) is 0 Å². The molecule has 0 fully saturated rings. The summed E-state index contributed by atoms with van der Waals surface area (Å²) in [5.41, 5.74) is 10.9. The molecule has 1 aromatic heterocycles. The topological polar surface area (TPSA) is 92.6 Å². The highest BCUT2D eigenvalue weighted by molar-refractivity contribution is 7.80. The van der Waals surface area contributed by atoms with E-state index >= 15 is 0 Å². The van der Waals surface area contributed by atoms with Crippen LogP contribution in [0.25, 0.3) is 0 Å². The monoisotopic (exact) mass is 438 g/mol. The van der Waals surface area contributed by atoms with Crippen LogP contribution in [-0.4, -0.2) is 16.7 Å². The molecule has 2 aromatic rings. The number of thiocarbonyl (C=S) groups is 1. The quantitative estimate of drug-likeness (QED) is 0.478. The minimum absolute atomic E-state index is 0.0779. The highest BCUT2D eigenvalue weighted by Gasteiger charge is 2.36. The van der Waals surface area contributed by atoms with Crippen molar-refractivity contribution in [2.24, 2.45) is 16.3 Å². The molecule has 1 amide bonds. The Balaban J connectivity index is 1.96. The van der Waals surface area contributed by atoms with Crippen LogP contribution in [0.5, 0.6) is 0 Å². The molecule has 0 unspecified atom stereocenters. The molecule has 0 radical (unpaired) electrons. The zero-order valence-corrected chi connectivity index (χ0v) is 18.0. The smallest absolute Gasteiger partial charge is 0.291 e. The molecule has 1 aliphatic rings. The van der Waals surface area contributed by atoms with Gasteiger partial charge in [0, 0.05) is 23.2 Å². The van der Waals surface area contributed by atoms with Gasteiger partial charge in [0.1, 0.15) is 5.76 Å². The molecule has 9 heteroatoms. The number of furan rings is 1. The average molecular weight is 439 g/mol. The maximum atomic E-state index is 12.8. The lowest BCUT2D eigenvalue weighted by Gasteiger charge is -2.29. The summed E-state index contributed by atoms with van der Waals surface area (Å²) in [7, 11) is 0. The number of nitrogens with zero attached hydrogens (tertiary/aromatic N) is 1. The lowest BCUT2D eigenvalue weighted by Crippen LogP contribution is -2.31. The van der Waals surface area contributed by atoms with Crippen molar-refractivity contribution in [3.63, 3.8) is 0 Å². The number of anilines is 1. The van der Waals surface area contributed by atoms with Gasteiger partial charge in [0.25, 0.3) is 5.91 Å². The molecule has 0 bridgehead atoms. The van der Waals surface area contributed by atoms with Gasteiger partial charge in [-0.3, -0.25) is 10.2 Å². The molecule has 6 nitrogen and oxygen atoms in total. The number of benzene rings is 1. The van der Waals surface area contributed by atoms with Crippen LogP contribution in [0.3, 0.4) is 0 Å². The number of hydrogen-bond acceptors (Lipinski definition) is 4. The Morgan fingerprint density at radius 3 is 2.64 bits per heavy atom. The van der Waals surface area contributed by atoms with Crippen molar-refractivity contribution in [1.82, 2.24) is 5.43 Å². The van der Waals surface area contributed by atoms with Crippen LogP contribution in [0.4, 0.5) is 5.69 Å². The zero-order chi connectivity index (χ0) is 20.6. The van der Waals surface area contributed by atoms with Crippen molar-refractivity contribution in [3.05, 3.63) is 50.9 Å². The zero-order valence-electron chi connectivity index (χ0n) is 15.7. The Bertz CT molecular complexity index is 998.